The molecule has 3 heterocycles. The van der Waals surface area contributed by atoms with Gasteiger partial charge in [-0.05, 0) is 39.8 Å². The summed E-state index contributed by atoms with van der Waals surface area (Å²) in [6, 6.07) is 64.1. The Hall–Kier alpha value is -7.37. The van der Waals surface area contributed by atoms with Gasteiger partial charge in [0.2, 0.25) is 5.95 Å². The molecular formula is C50H30N4O. The van der Waals surface area contributed by atoms with Gasteiger partial charge in [0.15, 0.2) is 11.6 Å². The van der Waals surface area contributed by atoms with E-state index >= 15 is 0 Å². The summed E-state index contributed by atoms with van der Waals surface area (Å²) in [5, 5.41) is 4.34. The van der Waals surface area contributed by atoms with Crippen molar-refractivity contribution in [1.29, 1.82) is 0 Å². The molecule has 0 N–H and O–H groups in total. The largest absolute Gasteiger partial charge is 0.456 e. The molecule has 1 aliphatic heterocycles. The molecule has 8 aromatic carbocycles. The number of para-hydroxylation sites is 1. The third kappa shape index (κ3) is 4.09. The molecule has 0 saturated heterocycles. The Morgan fingerprint density at radius 2 is 1.02 bits per heavy atom. The first-order valence-electron chi connectivity index (χ1n) is 18.6. The molecule has 5 heteroatoms. The summed E-state index contributed by atoms with van der Waals surface area (Å²) in [6.45, 7) is 0. The molecule has 0 saturated carbocycles. The quantitative estimate of drug-likeness (QED) is 0.184. The van der Waals surface area contributed by atoms with Crippen molar-refractivity contribution in [2.75, 3.05) is 0 Å². The Kier molecular flexibility index (Phi) is 6.20. The van der Waals surface area contributed by atoms with Crippen LogP contribution in [0.15, 0.2) is 182 Å². The Morgan fingerprint density at radius 1 is 0.436 bits per heavy atom. The Balaban J connectivity index is 1.24. The number of fused-ring (bicyclic) bond motifs is 15. The minimum absolute atomic E-state index is 0.548. The zero-order valence-electron chi connectivity index (χ0n) is 29.5. The number of rotatable bonds is 3. The SMILES string of the molecule is c1ccc(-c2nc(-c3ccccc3)nc(-n3c4ccc5c(c4c4ccc6ccccc6c43)Oc3ccccc3C53c4ccccc4-c4ccccc43)n2)cc1. The van der Waals surface area contributed by atoms with Gasteiger partial charge in [0.25, 0.3) is 0 Å². The minimum Gasteiger partial charge on any atom is -0.456 e. The average molecular weight is 703 g/mol. The summed E-state index contributed by atoms with van der Waals surface area (Å²) in [5.41, 5.74) is 10.5. The van der Waals surface area contributed by atoms with Crippen molar-refractivity contribution in [2.24, 2.45) is 0 Å². The van der Waals surface area contributed by atoms with Crippen LogP contribution in [0.25, 0.3) is 72.4 Å². The van der Waals surface area contributed by atoms with Crippen molar-refractivity contribution in [3.63, 3.8) is 0 Å². The van der Waals surface area contributed by atoms with E-state index in [9.17, 15) is 0 Å². The lowest BCUT2D eigenvalue weighted by atomic mass is 9.66. The molecule has 0 fully saturated rings. The highest BCUT2D eigenvalue weighted by Gasteiger charge is 2.51. The van der Waals surface area contributed by atoms with Crippen LogP contribution in [0, 0.1) is 0 Å². The van der Waals surface area contributed by atoms with E-state index < -0.39 is 5.41 Å². The van der Waals surface area contributed by atoms with Gasteiger partial charge in [0.1, 0.15) is 11.5 Å². The van der Waals surface area contributed by atoms with Crippen LogP contribution in [-0.2, 0) is 5.41 Å². The molecule has 10 aromatic rings. The topological polar surface area (TPSA) is 52.8 Å². The van der Waals surface area contributed by atoms with Crippen LogP contribution in [0.4, 0.5) is 0 Å². The fourth-order valence-corrected chi connectivity index (χ4v) is 9.28. The van der Waals surface area contributed by atoms with E-state index in [4.69, 9.17) is 19.7 Å². The molecule has 0 unspecified atom stereocenters. The molecule has 0 atom stereocenters. The van der Waals surface area contributed by atoms with E-state index in [0.29, 0.717) is 17.6 Å². The monoisotopic (exact) mass is 702 g/mol. The summed E-state index contributed by atoms with van der Waals surface area (Å²) in [6.07, 6.45) is 0. The Bertz CT molecular complexity index is 3080. The summed E-state index contributed by atoms with van der Waals surface area (Å²) < 4.78 is 9.42. The normalized spacial score (nSPS) is 13.4. The van der Waals surface area contributed by atoms with Crippen molar-refractivity contribution in [2.45, 2.75) is 5.41 Å². The molecule has 0 bridgehead atoms. The van der Waals surface area contributed by atoms with Crippen LogP contribution in [0.1, 0.15) is 22.3 Å². The van der Waals surface area contributed by atoms with Crippen molar-refractivity contribution in [3.05, 3.63) is 204 Å². The van der Waals surface area contributed by atoms with Crippen LogP contribution < -0.4 is 4.74 Å². The van der Waals surface area contributed by atoms with E-state index in [1.165, 1.54) is 22.3 Å². The first-order valence-corrected chi connectivity index (χ1v) is 18.6. The molecular weight excluding hydrogens is 673 g/mol. The second-order valence-electron chi connectivity index (χ2n) is 14.3. The van der Waals surface area contributed by atoms with E-state index in [1.807, 2.05) is 60.7 Å². The fraction of sp³-hybridized carbons (Fsp3) is 0.0200. The summed E-state index contributed by atoms with van der Waals surface area (Å²) in [7, 11) is 0. The molecule has 55 heavy (non-hydrogen) atoms. The highest BCUT2D eigenvalue weighted by Crippen LogP contribution is 2.63. The maximum Gasteiger partial charge on any atom is 0.238 e. The van der Waals surface area contributed by atoms with Crippen LogP contribution >= 0.6 is 0 Å². The lowest BCUT2D eigenvalue weighted by molar-refractivity contribution is 0.442. The fourth-order valence-electron chi connectivity index (χ4n) is 9.28. The van der Waals surface area contributed by atoms with Gasteiger partial charge < -0.3 is 4.74 Å². The lowest BCUT2D eigenvalue weighted by Gasteiger charge is -2.39. The van der Waals surface area contributed by atoms with Crippen molar-refractivity contribution < 1.29 is 4.74 Å². The zero-order chi connectivity index (χ0) is 36.1. The van der Waals surface area contributed by atoms with Crippen molar-refractivity contribution in [1.82, 2.24) is 19.5 Å². The number of hydrogen-bond acceptors (Lipinski definition) is 4. The molecule has 2 aromatic heterocycles. The number of ether oxygens (including phenoxy) is 1. The highest BCUT2D eigenvalue weighted by molar-refractivity contribution is 6.21. The third-order valence-corrected chi connectivity index (χ3v) is 11.5. The second-order valence-corrected chi connectivity index (χ2v) is 14.3. The molecule has 0 amide bonds. The van der Waals surface area contributed by atoms with Crippen LogP contribution in [0.5, 0.6) is 11.5 Å². The van der Waals surface area contributed by atoms with E-state index in [1.54, 1.807) is 0 Å². The maximum atomic E-state index is 7.20. The first kappa shape index (κ1) is 30.1. The summed E-state index contributed by atoms with van der Waals surface area (Å²) in [4.78, 5) is 15.5. The molecule has 12 rings (SSSR count). The number of benzene rings is 8. The second kappa shape index (κ2) is 11.3. The van der Waals surface area contributed by atoms with Gasteiger partial charge in [-0.15, -0.1) is 0 Å². The van der Waals surface area contributed by atoms with Crippen LogP contribution in [-0.4, -0.2) is 19.5 Å². The van der Waals surface area contributed by atoms with Gasteiger partial charge in [-0.3, -0.25) is 4.57 Å². The average Bonchev–Trinajstić information content (AvgIpc) is 3.76. The van der Waals surface area contributed by atoms with Crippen molar-refractivity contribution >= 4 is 32.6 Å². The highest BCUT2D eigenvalue weighted by atomic mass is 16.5. The van der Waals surface area contributed by atoms with E-state index in [-0.39, 0.29) is 0 Å². The Morgan fingerprint density at radius 3 is 1.71 bits per heavy atom. The van der Waals surface area contributed by atoms with Gasteiger partial charge in [0, 0.05) is 33.0 Å². The lowest BCUT2D eigenvalue weighted by Crippen LogP contribution is -2.32. The van der Waals surface area contributed by atoms with Gasteiger partial charge in [-0.2, -0.15) is 9.97 Å². The van der Waals surface area contributed by atoms with E-state index in [0.717, 1.165) is 66.3 Å². The van der Waals surface area contributed by atoms with Crippen LogP contribution in [0.2, 0.25) is 0 Å². The van der Waals surface area contributed by atoms with Crippen molar-refractivity contribution in [3.8, 4) is 51.3 Å². The molecule has 256 valence electrons. The molecule has 0 radical (unpaired) electrons. The van der Waals surface area contributed by atoms with Crippen LogP contribution in [0.3, 0.4) is 0 Å². The van der Waals surface area contributed by atoms with Gasteiger partial charge in [-0.1, -0.05) is 170 Å². The summed E-state index contributed by atoms with van der Waals surface area (Å²) >= 11 is 0. The van der Waals surface area contributed by atoms with Gasteiger partial charge in [0.05, 0.1) is 21.8 Å². The Labute approximate surface area is 316 Å². The smallest absolute Gasteiger partial charge is 0.238 e. The predicted molar refractivity (Wildman–Crippen MR) is 220 cm³/mol. The molecule has 1 aliphatic carbocycles. The number of nitrogens with zero attached hydrogens (tertiary/aromatic N) is 4. The van der Waals surface area contributed by atoms with Gasteiger partial charge in [-0.25, -0.2) is 4.98 Å². The molecule has 5 nitrogen and oxygen atoms in total. The zero-order valence-corrected chi connectivity index (χ0v) is 29.5. The molecule has 2 aliphatic rings. The van der Waals surface area contributed by atoms with Gasteiger partial charge >= 0.3 is 0 Å². The number of hydrogen-bond donors (Lipinski definition) is 0. The number of aromatic nitrogens is 4. The third-order valence-electron chi connectivity index (χ3n) is 11.5. The summed E-state index contributed by atoms with van der Waals surface area (Å²) in [5.74, 6) is 3.48. The first-order chi connectivity index (χ1) is 27.3. The maximum absolute atomic E-state index is 7.20. The predicted octanol–water partition coefficient (Wildman–Crippen LogP) is 11.9. The minimum atomic E-state index is -0.578. The molecule has 1 spiro atoms. The van der Waals surface area contributed by atoms with E-state index in [2.05, 4.69) is 126 Å². The standard InChI is InChI=1S/C50H30N4O/c1-3-16-32(17-4-1)47-51-48(33-18-5-2-6-19-33)53-49(52-47)54-42-30-29-41-46(44(42)37-28-27-31-15-7-8-20-34(31)45(37)54)55-43-26-14-13-25-40(43)50(41)38-23-11-9-21-35(38)36-22-10-12-24-39(36)50/h1-30H.